The van der Waals surface area contributed by atoms with E-state index < -0.39 is 16.8 Å². The number of hydrogen-bond acceptors (Lipinski definition) is 5. The van der Waals surface area contributed by atoms with Gasteiger partial charge in [0.05, 0.1) is 0 Å². The Labute approximate surface area is 124 Å². The Hall–Kier alpha value is -1.76. The van der Waals surface area contributed by atoms with Crippen molar-refractivity contribution in [3.63, 3.8) is 0 Å². The van der Waals surface area contributed by atoms with E-state index in [0.29, 0.717) is 13.0 Å². The van der Waals surface area contributed by atoms with Gasteiger partial charge in [-0.25, -0.2) is 4.79 Å². The van der Waals surface area contributed by atoms with E-state index in [-0.39, 0.29) is 18.1 Å². The Kier molecular flexibility index (Phi) is 5.60. The first-order valence-corrected chi connectivity index (χ1v) is 7.23. The molecule has 0 aliphatic rings. The van der Waals surface area contributed by atoms with Gasteiger partial charge in [0.2, 0.25) is 0 Å². The van der Waals surface area contributed by atoms with Crippen molar-refractivity contribution in [2.75, 3.05) is 17.7 Å². The maximum absolute atomic E-state index is 12.3. The molecule has 0 radical (unpaired) electrons. The maximum atomic E-state index is 12.3. The summed E-state index contributed by atoms with van der Waals surface area (Å²) < 4.78 is 2.48. The molecule has 0 amide bonds. The lowest BCUT2D eigenvalue weighted by molar-refractivity contribution is 0.260. The van der Waals surface area contributed by atoms with Gasteiger partial charge >= 0.3 is 5.69 Å². The molecule has 0 saturated heterocycles. The number of aromatic nitrogens is 2. The Morgan fingerprint density at radius 3 is 2.48 bits per heavy atom. The van der Waals surface area contributed by atoms with Gasteiger partial charge in [-0.15, -0.1) is 0 Å². The van der Waals surface area contributed by atoms with Gasteiger partial charge in [0.1, 0.15) is 11.5 Å². The van der Waals surface area contributed by atoms with Gasteiger partial charge in [0.15, 0.2) is 0 Å². The number of nitrogen functional groups attached to an aromatic ring is 1. The fourth-order valence-corrected chi connectivity index (χ4v) is 2.11. The highest BCUT2D eigenvalue weighted by Crippen LogP contribution is 2.19. The molecule has 1 aromatic heterocycles. The molecule has 0 bridgehead atoms. The number of rotatable bonds is 7. The minimum absolute atomic E-state index is 0.00427. The smallest absolute Gasteiger partial charge is 0.332 e. The van der Waals surface area contributed by atoms with E-state index in [4.69, 9.17) is 10.8 Å². The van der Waals surface area contributed by atoms with Gasteiger partial charge in [-0.05, 0) is 26.7 Å². The predicted molar refractivity (Wildman–Crippen MR) is 84.7 cm³/mol. The number of nitrogens with one attached hydrogen (secondary N) is 1. The van der Waals surface area contributed by atoms with E-state index >= 15 is 0 Å². The molecule has 1 rings (SSSR count). The van der Waals surface area contributed by atoms with E-state index in [1.807, 2.05) is 20.8 Å². The van der Waals surface area contributed by atoms with Crippen molar-refractivity contribution >= 4 is 11.5 Å². The van der Waals surface area contributed by atoms with Crippen LogP contribution in [0, 0.1) is 0 Å². The molecule has 120 valence electrons. The van der Waals surface area contributed by atoms with Crippen LogP contribution in [0.25, 0.3) is 0 Å². The molecule has 4 N–H and O–H groups in total. The SMILES string of the molecule is CCCCn1c(N)c(NC(C)(C)CCO)c(=O)n(C)c1=O. The Morgan fingerprint density at radius 1 is 1.33 bits per heavy atom. The molecule has 0 aromatic carbocycles. The summed E-state index contributed by atoms with van der Waals surface area (Å²) in [5.41, 5.74) is 4.89. The van der Waals surface area contributed by atoms with Crippen LogP contribution in [-0.2, 0) is 13.6 Å². The zero-order chi connectivity index (χ0) is 16.2. The molecule has 0 saturated carbocycles. The molecule has 0 spiro atoms. The van der Waals surface area contributed by atoms with Crippen LogP contribution in [0.15, 0.2) is 9.59 Å². The van der Waals surface area contributed by atoms with Gasteiger partial charge in [0, 0.05) is 25.7 Å². The van der Waals surface area contributed by atoms with Crippen molar-refractivity contribution in [3.8, 4) is 0 Å². The Morgan fingerprint density at radius 2 is 1.95 bits per heavy atom. The second kappa shape index (κ2) is 6.80. The zero-order valence-corrected chi connectivity index (χ0v) is 13.3. The normalized spacial score (nSPS) is 11.7. The first-order valence-electron chi connectivity index (χ1n) is 7.23. The van der Waals surface area contributed by atoms with Gasteiger partial charge < -0.3 is 16.2 Å². The van der Waals surface area contributed by atoms with E-state index in [2.05, 4.69) is 5.32 Å². The third-order valence-electron chi connectivity index (χ3n) is 3.52. The molecule has 0 aliphatic heterocycles. The topological polar surface area (TPSA) is 102 Å². The van der Waals surface area contributed by atoms with E-state index in [1.165, 1.54) is 11.6 Å². The highest BCUT2D eigenvalue weighted by molar-refractivity contribution is 5.61. The second-order valence-corrected chi connectivity index (χ2v) is 5.89. The van der Waals surface area contributed by atoms with Crippen molar-refractivity contribution < 1.29 is 5.11 Å². The summed E-state index contributed by atoms with van der Waals surface area (Å²) in [6.45, 7) is 6.22. The molecule has 7 heteroatoms. The monoisotopic (exact) mass is 298 g/mol. The fourth-order valence-electron chi connectivity index (χ4n) is 2.11. The third-order valence-corrected chi connectivity index (χ3v) is 3.52. The molecule has 0 atom stereocenters. The van der Waals surface area contributed by atoms with Crippen molar-refractivity contribution in [2.45, 2.75) is 52.1 Å². The average Bonchev–Trinajstić information content (AvgIpc) is 2.41. The Balaban J connectivity index is 3.35. The van der Waals surface area contributed by atoms with Gasteiger partial charge in [0.25, 0.3) is 5.56 Å². The number of aliphatic hydroxyl groups excluding tert-OH is 1. The van der Waals surface area contributed by atoms with Crippen LogP contribution < -0.4 is 22.3 Å². The summed E-state index contributed by atoms with van der Waals surface area (Å²) in [6.07, 6.45) is 2.19. The van der Waals surface area contributed by atoms with E-state index in [1.54, 1.807) is 0 Å². The molecular weight excluding hydrogens is 272 g/mol. The number of anilines is 2. The van der Waals surface area contributed by atoms with Gasteiger partial charge in [-0.2, -0.15) is 0 Å². The van der Waals surface area contributed by atoms with E-state index in [0.717, 1.165) is 17.4 Å². The van der Waals surface area contributed by atoms with Gasteiger partial charge in [-0.3, -0.25) is 13.9 Å². The molecule has 0 unspecified atom stereocenters. The molecular formula is C14H26N4O3. The van der Waals surface area contributed by atoms with Crippen LogP contribution in [-0.4, -0.2) is 26.4 Å². The van der Waals surface area contributed by atoms with Crippen LogP contribution in [0.5, 0.6) is 0 Å². The van der Waals surface area contributed by atoms with Gasteiger partial charge in [-0.1, -0.05) is 13.3 Å². The van der Waals surface area contributed by atoms with Crippen LogP contribution in [0.2, 0.25) is 0 Å². The summed E-state index contributed by atoms with van der Waals surface area (Å²) in [5.74, 6) is 0.155. The minimum Gasteiger partial charge on any atom is -0.396 e. The Bertz CT molecular complexity index is 601. The standard InChI is InChI=1S/C14H26N4O3/c1-5-6-8-18-11(15)10(12(20)17(4)13(18)21)16-14(2,3)7-9-19/h16,19H,5-9,15H2,1-4H3. The lowest BCUT2D eigenvalue weighted by Gasteiger charge is -2.28. The molecule has 7 nitrogen and oxygen atoms in total. The summed E-state index contributed by atoms with van der Waals surface area (Å²) in [5, 5.41) is 12.1. The van der Waals surface area contributed by atoms with Crippen molar-refractivity contribution in [1.29, 1.82) is 0 Å². The summed E-state index contributed by atoms with van der Waals surface area (Å²) in [6, 6.07) is 0. The largest absolute Gasteiger partial charge is 0.396 e. The summed E-state index contributed by atoms with van der Waals surface area (Å²) >= 11 is 0. The second-order valence-electron chi connectivity index (χ2n) is 5.89. The molecule has 21 heavy (non-hydrogen) atoms. The first-order chi connectivity index (χ1) is 9.75. The number of unbranched alkanes of at least 4 members (excludes halogenated alkanes) is 1. The quantitative estimate of drug-likeness (QED) is 0.680. The van der Waals surface area contributed by atoms with Crippen molar-refractivity contribution in [2.24, 2.45) is 7.05 Å². The maximum Gasteiger partial charge on any atom is 0.332 e. The van der Waals surface area contributed by atoms with Crippen LogP contribution >= 0.6 is 0 Å². The number of nitrogens with two attached hydrogens (primary N) is 1. The molecule has 0 fully saturated rings. The number of hydrogen-bond donors (Lipinski definition) is 3. The van der Waals surface area contributed by atoms with Crippen molar-refractivity contribution in [3.05, 3.63) is 20.8 Å². The molecule has 0 aliphatic carbocycles. The predicted octanol–water partition coefficient (Wildman–Crippen LogP) is 0.502. The lowest BCUT2D eigenvalue weighted by atomic mass is 10.0. The lowest BCUT2D eigenvalue weighted by Crippen LogP contribution is -2.43. The number of aliphatic hydroxyl groups is 1. The summed E-state index contributed by atoms with van der Waals surface area (Å²) in [7, 11) is 1.44. The zero-order valence-electron chi connectivity index (χ0n) is 13.3. The fraction of sp³-hybridized carbons (Fsp3) is 0.714. The van der Waals surface area contributed by atoms with Crippen LogP contribution in [0.3, 0.4) is 0 Å². The molecule has 1 aromatic rings. The minimum atomic E-state index is -0.498. The average molecular weight is 298 g/mol. The van der Waals surface area contributed by atoms with Crippen LogP contribution in [0.1, 0.15) is 40.0 Å². The highest BCUT2D eigenvalue weighted by Gasteiger charge is 2.22. The third kappa shape index (κ3) is 3.87. The molecule has 1 heterocycles. The first kappa shape index (κ1) is 17.3. The van der Waals surface area contributed by atoms with Crippen LogP contribution in [0.4, 0.5) is 11.5 Å². The van der Waals surface area contributed by atoms with E-state index in [9.17, 15) is 9.59 Å². The highest BCUT2D eigenvalue weighted by atomic mass is 16.3. The number of nitrogens with zero attached hydrogens (tertiary/aromatic N) is 2. The van der Waals surface area contributed by atoms with Crippen molar-refractivity contribution in [1.82, 2.24) is 9.13 Å². The summed E-state index contributed by atoms with van der Waals surface area (Å²) in [4.78, 5) is 24.4.